The predicted molar refractivity (Wildman–Crippen MR) is 101 cm³/mol. The number of carbonyl (C=O) groups excluding carboxylic acids is 2. The fourth-order valence-corrected chi connectivity index (χ4v) is 4.38. The van der Waals surface area contributed by atoms with E-state index in [1.165, 1.54) is 11.3 Å². The lowest BCUT2D eigenvalue weighted by atomic mass is 10.1. The third kappa shape index (κ3) is 4.72. The first kappa shape index (κ1) is 19.5. The molecule has 10 heteroatoms. The SMILES string of the molecule is Cc1ccccc1C(=O)NC1CN(S(=O)(=O)NC(=O)c2ccsc2)CCO1. The molecule has 1 fully saturated rings. The number of benzene rings is 1. The molecule has 144 valence electrons. The highest BCUT2D eigenvalue weighted by Crippen LogP contribution is 2.12. The normalized spacial score (nSPS) is 18.0. The van der Waals surface area contributed by atoms with Gasteiger partial charge in [-0.1, -0.05) is 18.2 Å². The van der Waals surface area contributed by atoms with Gasteiger partial charge in [-0.2, -0.15) is 24.1 Å². The van der Waals surface area contributed by atoms with Gasteiger partial charge in [0.05, 0.1) is 18.7 Å². The van der Waals surface area contributed by atoms with E-state index in [2.05, 4.69) is 5.32 Å². The Morgan fingerprint density at radius 1 is 1.22 bits per heavy atom. The molecular formula is C17H19N3O5S2. The average Bonchev–Trinajstić information content (AvgIpc) is 3.17. The second-order valence-corrected chi connectivity index (χ2v) is 8.40. The second-order valence-electron chi connectivity index (χ2n) is 5.95. The van der Waals surface area contributed by atoms with E-state index in [0.29, 0.717) is 5.56 Å². The van der Waals surface area contributed by atoms with Crippen LogP contribution >= 0.6 is 11.3 Å². The monoisotopic (exact) mass is 409 g/mol. The molecule has 0 bridgehead atoms. The van der Waals surface area contributed by atoms with E-state index in [1.807, 2.05) is 23.8 Å². The van der Waals surface area contributed by atoms with Crippen LogP contribution in [0.25, 0.3) is 0 Å². The van der Waals surface area contributed by atoms with Crippen LogP contribution in [0.2, 0.25) is 0 Å². The first-order valence-electron chi connectivity index (χ1n) is 8.19. The fourth-order valence-electron chi connectivity index (χ4n) is 2.62. The molecule has 0 saturated carbocycles. The summed E-state index contributed by atoms with van der Waals surface area (Å²) < 4.78 is 33.5. The van der Waals surface area contributed by atoms with Gasteiger partial charge in [-0.3, -0.25) is 9.59 Å². The molecule has 0 spiro atoms. The molecule has 1 saturated heterocycles. The number of morpholine rings is 1. The minimum atomic E-state index is -4.04. The van der Waals surface area contributed by atoms with E-state index in [0.717, 1.165) is 9.87 Å². The van der Waals surface area contributed by atoms with Gasteiger partial charge >= 0.3 is 10.2 Å². The zero-order chi connectivity index (χ0) is 19.4. The lowest BCUT2D eigenvalue weighted by molar-refractivity contribution is -0.0175. The Morgan fingerprint density at radius 2 is 2.00 bits per heavy atom. The molecule has 8 nitrogen and oxygen atoms in total. The van der Waals surface area contributed by atoms with Crippen LogP contribution < -0.4 is 10.0 Å². The van der Waals surface area contributed by atoms with Crippen LogP contribution in [-0.2, 0) is 14.9 Å². The average molecular weight is 409 g/mol. The Kier molecular flexibility index (Phi) is 5.90. The number of nitrogens with one attached hydrogen (secondary N) is 2. The van der Waals surface area contributed by atoms with Crippen LogP contribution in [0.5, 0.6) is 0 Å². The number of nitrogens with zero attached hydrogens (tertiary/aromatic N) is 1. The Morgan fingerprint density at radius 3 is 2.70 bits per heavy atom. The van der Waals surface area contributed by atoms with Gasteiger partial charge in [0.25, 0.3) is 11.8 Å². The largest absolute Gasteiger partial charge is 0.356 e. The van der Waals surface area contributed by atoms with E-state index in [4.69, 9.17) is 4.74 Å². The number of carbonyl (C=O) groups is 2. The summed E-state index contributed by atoms with van der Waals surface area (Å²) in [6.45, 7) is 1.91. The summed E-state index contributed by atoms with van der Waals surface area (Å²) in [6.07, 6.45) is -0.807. The molecule has 2 heterocycles. The molecule has 2 N–H and O–H groups in total. The van der Waals surface area contributed by atoms with Gasteiger partial charge < -0.3 is 10.1 Å². The lowest BCUT2D eigenvalue weighted by Gasteiger charge is -2.32. The quantitative estimate of drug-likeness (QED) is 0.770. The number of hydrogen-bond donors (Lipinski definition) is 2. The van der Waals surface area contributed by atoms with Crippen LogP contribution in [0, 0.1) is 6.92 Å². The van der Waals surface area contributed by atoms with Crippen LogP contribution in [0.1, 0.15) is 26.3 Å². The summed E-state index contributed by atoms with van der Waals surface area (Å²) in [7, 11) is -4.04. The summed E-state index contributed by atoms with van der Waals surface area (Å²) in [6, 6.07) is 8.62. The number of amides is 2. The van der Waals surface area contributed by atoms with Crippen LogP contribution in [0.4, 0.5) is 0 Å². The number of rotatable bonds is 5. The number of hydrogen-bond acceptors (Lipinski definition) is 6. The number of aryl methyl sites for hydroxylation is 1. The Hall–Kier alpha value is -2.27. The van der Waals surface area contributed by atoms with Gasteiger partial charge in [0, 0.05) is 17.5 Å². The topological polar surface area (TPSA) is 105 Å². The van der Waals surface area contributed by atoms with Gasteiger partial charge in [-0.25, -0.2) is 4.72 Å². The van der Waals surface area contributed by atoms with E-state index in [9.17, 15) is 18.0 Å². The lowest BCUT2D eigenvalue weighted by Crippen LogP contribution is -2.55. The third-order valence-corrected chi connectivity index (χ3v) is 6.19. The molecule has 1 aromatic heterocycles. The minimum Gasteiger partial charge on any atom is -0.356 e. The smallest absolute Gasteiger partial charge is 0.304 e. The highest BCUT2D eigenvalue weighted by atomic mass is 32.2. The minimum absolute atomic E-state index is 0.0863. The van der Waals surface area contributed by atoms with Crippen molar-refractivity contribution >= 4 is 33.4 Å². The molecule has 1 aromatic carbocycles. The van der Waals surface area contributed by atoms with Crippen molar-refractivity contribution in [1.82, 2.24) is 14.3 Å². The van der Waals surface area contributed by atoms with Gasteiger partial charge in [0.2, 0.25) is 0 Å². The molecule has 0 aliphatic carbocycles. The molecule has 1 aliphatic rings. The van der Waals surface area contributed by atoms with Crippen molar-refractivity contribution in [1.29, 1.82) is 0 Å². The predicted octanol–water partition coefficient (Wildman–Crippen LogP) is 1.12. The van der Waals surface area contributed by atoms with Gasteiger partial charge in [0.15, 0.2) is 0 Å². The van der Waals surface area contributed by atoms with Crippen LogP contribution in [0.3, 0.4) is 0 Å². The fraction of sp³-hybridized carbons (Fsp3) is 0.294. The van der Waals surface area contributed by atoms with Crippen molar-refractivity contribution in [2.45, 2.75) is 13.2 Å². The van der Waals surface area contributed by atoms with Crippen molar-refractivity contribution in [2.75, 3.05) is 19.7 Å². The molecule has 27 heavy (non-hydrogen) atoms. The van der Waals surface area contributed by atoms with E-state index < -0.39 is 22.3 Å². The van der Waals surface area contributed by atoms with Gasteiger partial charge in [0.1, 0.15) is 6.23 Å². The van der Waals surface area contributed by atoms with Crippen molar-refractivity contribution in [3.63, 3.8) is 0 Å². The Labute approximate surface area is 161 Å². The highest BCUT2D eigenvalue weighted by molar-refractivity contribution is 7.87. The van der Waals surface area contributed by atoms with E-state index >= 15 is 0 Å². The van der Waals surface area contributed by atoms with Crippen molar-refractivity contribution in [3.8, 4) is 0 Å². The standard InChI is InChI=1S/C17H19N3O5S2/c1-12-4-2-3-5-14(12)17(22)18-15-10-20(7-8-25-15)27(23,24)19-16(21)13-6-9-26-11-13/h2-6,9,11,15H,7-8,10H2,1H3,(H,18,22)(H,19,21). The number of thiophene rings is 1. The van der Waals surface area contributed by atoms with E-state index in [-0.39, 0.29) is 31.2 Å². The van der Waals surface area contributed by atoms with E-state index in [1.54, 1.807) is 29.0 Å². The van der Waals surface area contributed by atoms with Crippen molar-refractivity contribution < 1.29 is 22.7 Å². The maximum Gasteiger partial charge on any atom is 0.304 e. The zero-order valence-electron chi connectivity index (χ0n) is 14.5. The molecule has 0 radical (unpaired) electrons. The summed E-state index contributed by atoms with van der Waals surface area (Å²) in [5.41, 5.74) is 1.58. The van der Waals surface area contributed by atoms with Crippen molar-refractivity contribution in [2.24, 2.45) is 0 Å². The van der Waals surface area contributed by atoms with Crippen LogP contribution in [0.15, 0.2) is 41.1 Å². The molecule has 2 aromatic rings. The zero-order valence-corrected chi connectivity index (χ0v) is 16.2. The van der Waals surface area contributed by atoms with Crippen LogP contribution in [-0.4, -0.2) is 50.5 Å². The molecule has 1 unspecified atom stereocenters. The second kappa shape index (κ2) is 8.17. The highest BCUT2D eigenvalue weighted by Gasteiger charge is 2.32. The first-order valence-corrected chi connectivity index (χ1v) is 10.6. The Bertz CT molecular complexity index is 928. The summed E-state index contributed by atoms with van der Waals surface area (Å²) in [4.78, 5) is 24.4. The van der Waals surface area contributed by atoms with Gasteiger partial charge in [-0.05, 0) is 30.0 Å². The molecule has 3 rings (SSSR count). The number of ether oxygens (including phenoxy) is 1. The molecular weight excluding hydrogens is 390 g/mol. The summed E-state index contributed by atoms with van der Waals surface area (Å²) in [5.74, 6) is -1.04. The third-order valence-electron chi connectivity index (χ3n) is 4.06. The maximum atomic E-state index is 12.5. The molecule has 1 aliphatic heterocycles. The Balaban J connectivity index is 1.64. The molecule has 1 atom stereocenters. The first-order chi connectivity index (χ1) is 12.9. The van der Waals surface area contributed by atoms with Gasteiger partial charge in [-0.15, -0.1) is 0 Å². The summed E-state index contributed by atoms with van der Waals surface area (Å²) in [5, 5.41) is 5.93. The maximum absolute atomic E-state index is 12.5. The van der Waals surface area contributed by atoms with Crippen molar-refractivity contribution in [3.05, 3.63) is 57.8 Å². The molecule has 2 amide bonds. The summed E-state index contributed by atoms with van der Waals surface area (Å²) >= 11 is 1.30.